The predicted molar refractivity (Wildman–Crippen MR) is 179 cm³/mol. The second-order valence-electron chi connectivity index (χ2n) is 14.6. The van der Waals surface area contributed by atoms with E-state index >= 15 is 8.78 Å². The number of anilines is 1. The Morgan fingerprint density at radius 1 is 1.12 bits per heavy atom. The number of hydrogen-bond donors (Lipinski definition) is 2. The number of benzene rings is 2. The van der Waals surface area contributed by atoms with Crippen LogP contribution in [0.5, 0.6) is 11.8 Å². The Morgan fingerprint density at radius 3 is 2.92 bits per heavy atom. The number of pyridine rings is 1. The summed E-state index contributed by atoms with van der Waals surface area (Å²) in [5, 5.41) is 15.3. The zero-order chi connectivity index (χ0) is 33.5. The third-order valence-electron chi connectivity index (χ3n) is 11.4. The number of aromatic hydroxyl groups is 1. The molecule has 1 amide bonds. The Kier molecular flexibility index (Phi) is 7.19. The van der Waals surface area contributed by atoms with Crippen molar-refractivity contribution in [2.45, 2.75) is 61.7 Å². The van der Waals surface area contributed by atoms with Crippen LogP contribution in [0.1, 0.15) is 38.5 Å². The van der Waals surface area contributed by atoms with Crippen LogP contribution in [-0.2, 0) is 9.53 Å². The second kappa shape index (κ2) is 11.4. The molecule has 2 N–H and O–H groups in total. The van der Waals surface area contributed by atoms with Gasteiger partial charge in [-0.1, -0.05) is 12.1 Å². The third-order valence-corrected chi connectivity index (χ3v) is 11.4. The van der Waals surface area contributed by atoms with Crippen molar-refractivity contribution in [3.63, 3.8) is 0 Å². The lowest BCUT2D eigenvalue weighted by Gasteiger charge is -2.44. The van der Waals surface area contributed by atoms with Gasteiger partial charge in [-0.15, -0.1) is 0 Å². The van der Waals surface area contributed by atoms with E-state index in [4.69, 9.17) is 14.5 Å². The molecule has 5 aliphatic heterocycles. The van der Waals surface area contributed by atoms with Crippen molar-refractivity contribution in [1.29, 1.82) is 0 Å². The first-order chi connectivity index (χ1) is 23.7. The number of halogens is 2. The zero-order valence-electron chi connectivity index (χ0n) is 27.4. The van der Waals surface area contributed by atoms with Gasteiger partial charge in [-0.05, 0) is 62.2 Å². The fraction of sp³-hybridized carbons (Fsp3) is 0.500. The quantitative estimate of drug-likeness (QED) is 0.308. The first kappa shape index (κ1) is 30.8. The van der Waals surface area contributed by atoms with Gasteiger partial charge in [-0.2, -0.15) is 9.97 Å². The summed E-state index contributed by atoms with van der Waals surface area (Å²) in [6, 6.07) is 7.50. The van der Waals surface area contributed by atoms with E-state index in [0.717, 1.165) is 45.2 Å². The van der Waals surface area contributed by atoms with Crippen molar-refractivity contribution in [2.24, 2.45) is 0 Å². The molecule has 0 unspecified atom stereocenters. The lowest BCUT2D eigenvalue weighted by atomic mass is 9.94. The van der Waals surface area contributed by atoms with Crippen molar-refractivity contribution in [3.05, 3.63) is 48.2 Å². The minimum absolute atomic E-state index is 0.0105. The molecule has 11 nitrogen and oxygen atoms in total. The molecular formula is C36H39F2N7O4. The number of carbonyl (C=O) groups excluding carboxylic acids is 1. The van der Waals surface area contributed by atoms with Crippen molar-refractivity contribution in [1.82, 2.24) is 30.1 Å². The predicted octanol–water partition coefficient (Wildman–Crippen LogP) is 4.00. The van der Waals surface area contributed by atoms with Gasteiger partial charge in [0.25, 0.3) is 0 Å². The minimum Gasteiger partial charge on any atom is -0.508 e. The lowest BCUT2D eigenvalue weighted by Crippen LogP contribution is -2.64. The fourth-order valence-electron chi connectivity index (χ4n) is 9.21. The largest absolute Gasteiger partial charge is 0.508 e. The smallest absolute Gasteiger partial charge is 0.319 e. The number of nitrogens with zero attached hydrogens (tertiary/aromatic N) is 6. The topological polar surface area (TPSA) is 116 Å². The van der Waals surface area contributed by atoms with Crippen LogP contribution in [0.3, 0.4) is 0 Å². The highest BCUT2D eigenvalue weighted by molar-refractivity contribution is 6.00. The SMILES string of the molecule is CN1C[C@]23CC[C@H](CN(C2)c2nc(nc4c(F)c(-c5cc(O)cc6cccc(F)c56)ncc24)OC[C@@]24CCCN2C[C@H](C4)OCCC1=O)N3. The highest BCUT2D eigenvalue weighted by Gasteiger charge is 2.50. The van der Waals surface area contributed by atoms with Crippen molar-refractivity contribution in [2.75, 3.05) is 57.9 Å². The van der Waals surface area contributed by atoms with E-state index in [1.807, 2.05) is 7.05 Å². The summed E-state index contributed by atoms with van der Waals surface area (Å²) in [6.45, 7) is 4.05. The van der Waals surface area contributed by atoms with Crippen LogP contribution in [0.2, 0.25) is 0 Å². The molecule has 5 aliphatic rings. The summed E-state index contributed by atoms with van der Waals surface area (Å²) in [7, 11) is 1.85. The summed E-state index contributed by atoms with van der Waals surface area (Å²) >= 11 is 0. The first-order valence-corrected chi connectivity index (χ1v) is 17.2. The second-order valence-corrected chi connectivity index (χ2v) is 14.6. The van der Waals surface area contributed by atoms with Crippen LogP contribution < -0.4 is 15.0 Å². The van der Waals surface area contributed by atoms with E-state index < -0.39 is 11.6 Å². The summed E-state index contributed by atoms with van der Waals surface area (Å²) < 4.78 is 44.9. The van der Waals surface area contributed by atoms with Gasteiger partial charge < -0.3 is 29.7 Å². The molecule has 49 heavy (non-hydrogen) atoms. The number of rotatable bonds is 1. The van der Waals surface area contributed by atoms with E-state index in [-0.39, 0.29) is 63.1 Å². The van der Waals surface area contributed by atoms with E-state index in [0.29, 0.717) is 55.9 Å². The third kappa shape index (κ3) is 5.16. The van der Waals surface area contributed by atoms with Gasteiger partial charge in [-0.25, -0.2) is 8.78 Å². The van der Waals surface area contributed by atoms with Crippen LogP contribution in [0.4, 0.5) is 14.6 Å². The molecule has 0 saturated carbocycles. The maximum absolute atomic E-state index is 16.9. The molecular weight excluding hydrogens is 632 g/mol. The van der Waals surface area contributed by atoms with E-state index in [9.17, 15) is 9.90 Å². The Hall–Kier alpha value is -4.20. The molecule has 4 atom stereocenters. The number of ether oxygens (including phenoxy) is 2. The Bertz CT molecular complexity index is 2000. The Balaban J connectivity index is 1.19. The van der Waals surface area contributed by atoms with Crippen LogP contribution in [-0.4, -0.2) is 112 Å². The number of aromatic nitrogens is 3. The molecule has 9 rings (SSSR count). The molecule has 0 aliphatic carbocycles. The number of hydrogen-bond acceptors (Lipinski definition) is 10. The number of carbonyl (C=O) groups is 1. The van der Waals surface area contributed by atoms with E-state index in [1.54, 1.807) is 17.0 Å². The van der Waals surface area contributed by atoms with Gasteiger partial charge in [0.15, 0.2) is 5.82 Å². The van der Waals surface area contributed by atoms with Crippen LogP contribution >= 0.6 is 0 Å². The average molecular weight is 672 g/mol. The lowest BCUT2D eigenvalue weighted by molar-refractivity contribution is -0.132. The Morgan fingerprint density at radius 2 is 2.02 bits per heavy atom. The number of nitrogens with one attached hydrogen (secondary N) is 1. The van der Waals surface area contributed by atoms with Crippen LogP contribution in [0.15, 0.2) is 36.5 Å². The van der Waals surface area contributed by atoms with Crippen molar-refractivity contribution >= 4 is 33.4 Å². The van der Waals surface area contributed by atoms with Gasteiger partial charge in [0.05, 0.1) is 35.6 Å². The standard InChI is InChI=1S/C36H39F2N7O4/c1-43-18-35-9-6-22(42-35)16-44(19-35)33-26-15-39-31(25-13-23(46)12-21-4-2-5-27(37)29(21)25)30(38)32(26)40-34(41-33)49-20-36-8-3-10-45(36)17-24(14-36)48-11-7-28(43)47/h2,4-5,12-13,15,22,24,42,46H,3,6-11,14,16-20H2,1H3/t22-,24+,35-,36+/m1/s1. The minimum atomic E-state index is -0.750. The van der Waals surface area contributed by atoms with E-state index in [2.05, 4.69) is 25.1 Å². The highest BCUT2D eigenvalue weighted by atomic mass is 19.1. The maximum Gasteiger partial charge on any atom is 0.319 e. The fourth-order valence-corrected chi connectivity index (χ4v) is 9.21. The van der Waals surface area contributed by atoms with Crippen LogP contribution in [0.25, 0.3) is 32.9 Å². The molecule has 2 aromatic carbocycles. The number of piperazine rings is 1. The molecule has 0 radical (unpaired) electrons. The van der Waals surface area contributed by atoms with Crippen LogP contribution in [0, 0.1) is 11.6 Å². The maximum atomic E-state index is 16.9. The van der Waals surface area contributed by atoms with Crippen molar-refractivity contribution in [3.8, 4) is 23.0 Å². The number of likely N-dealkylation sites (N-methyl/N-ethyl adjacent to an activating group) is 1. The molecule has 2 spiro atoms. The number of phenolic OH excluding ortho intramolecular Hbond substituents is 1. The van der Waals surface area contributed by atoms with Gasteiger partial charge >= 0.3 is 6.01 Å². The molecule has 7 heterocycles. The van der Waals surface area contributed by atoms with Gasteiger partial charge in [0, 0.05) is 56.4 Å². The summed E-state index contributed by atoms with van der Waals surface area (Å²) in [5.74, 6) is -0.874. The van der Waals surface area contributed by atoms with Gasteiger partial charge in [0.1, 0.15) is 35.2 Å². The molecule has 4 saturated heterocycles. The Labute approximate surface area is 282 Å². The monoisotopic (exact) mass is 671 g/mol. The molecule has 13 heteroatoms. The molecule has 7 bridgehead atoms. The number of fused-ring (bicyclic) bond motifs is 9. The van der Waals surface area contributed by atoms with Crippen molar-refractivity contribution < 1.29 is 28.2 Å². The molecule has 4 aromatic rings. The van der Waals surface area contributed by atoms with Gasteiger partial charge in [0.2, 0.25) is 5.91 Å². The average Bonchev–Trinajstić information content (AvgIpc) is 3.72. The van der Waals surface area contributed by atoms with Gasteiger partial charge in [-0.3, -0.25) is 14.7 Å². The molecule has 256 valence electrons. The number of phenols is 1. The number of amides is 1. The molecule has 4 fully saturated rings. The highest BCUT2D eigenvalue weighted by Crippen LogP contribution is 2.42. The molecule has 2 aromatic heterocycles. The van der Waals surface area contributed by atoms with E-state index in [1.165, 1.54) is 24.4 Å². The first-order valence-electron chi connectivity index (χ1n) is 17.2. The normalized spacial score (nSPS) is 29.0. The summed E-state index contributed by atoms with van der Waals surface area (Å²) in [6.07, 6.45) is 6.37. The summed E-state index contributed by atoms with van der Waals surface area (Å²) in [4.78, 5) is 33.7. The zero-order valence-corrected chi connectivity index (χ0v) is 27.4. The summed E-state index contributed by atoms with van der Waals surface area (Å²) in [5.41, 5.74) is -0.634.